The van der Waals surface area contributed by atoms with E-state index in [1.807, 2.05) is 0 Å². The number of rotatable bonds is 3. The van der Waals surface area contributed by atoms with Gasteiger partial charge in [-0.2, -0.15) is 0 Å². The molecule has 1 aliphatic rings. The molecule has 0 saturated carbocycles. The fourth-order valence-electron chi connectivity index (χ4n) is 1.71. The van der Waals surface area contributed by atoms with Crippen LogP contribution in [0.2, 0.25) is 0 Å². The molecule has 4 unspecified atom stereocenters. The SMILES string of the molecule is COC1COC(OC)C(OC)C1C. The zero-order chi connectivity index (χ0) is 9.84. The van der Waals surface area contributed by atoms with Gasteiger partial charge in [0.05, 0.1) is 12.7 Å². The predicted molar refractivity (Wildman–Crippen MR) is 47.5 cm³/mol. The molecule has 4 atom stereocenters. The van der Waals surface area contributed by atoms with Crippen molar-refractivity contribution in [3.05, 3.63) is 0 Å². The summed E-state index contributed by atoms with van der Waals surface area (Å²) in [7, 11) is 4.97. The summed E-state index contributed by atoms with van der Waals surface area (Å²) in [5.74, 6) is 0.286. The maximum atomic E-state index is 5.43. The zero-order valence-electron chi connectivity index (χ0n) is 8.65. The number of hydrogen-bond donors (Lipinski definition) is 0. The molecular formula is C9H18O4. The van der Waals surface area contributed by atoms with Crippen molar-refractivity contribution < 1.29 is 18.9 Å². The molecule has 0 aromatic carbocycles. The quantitative estimate of drug-likeness (QED) is 0.655. The van der Waals surface area contributed by atoms with E-state index in [1.165, 1.54) is 0 Å². The van der Waals surface area contributed by atoms with Crippen LogP contribution >= 0.6 is 0 Å². The van der Waals surface area contributed by atoms with Crippen LogP contribution in [0.1, 0.15) is 6.92 Å². The van der Waals surface area contributed by atoms with Gasteiger partial charge in [-0.05, 0) is 0 Å². The maximum Gasteiger partial charge on any atom is 0.183 e. The summed E-state index contributed by atoms with van der Waals surface area (Å²) in [6, 6.07) is 0. The second-order valence-electron chi connectivity index (χ2n) is 3.27. The molecule has 0 radical (unpaired) electrons. The van der Waals surface area contributed by atoms with E-state index in [1.54, 1.807) is 21.3 Å². The van der Waals surface area contributed by atoms with Gasteiger partial charge in [0.1, 0.15) is 6.10 Å². The van der Waals surface area contributed by atoms with Gasteiger partial charge in [0.2, 0.25) is 0 Å². The second-order valence-corrected chi connectivity index (χ2v) is 3.27. The van der Waals surface area contributed by atoms with Gasteiger partial charge in [0, 0.05) is 27.2 Å². The van der Waals surface area contributed by atoms with Gasteiger partial charge in [-0.25, -0.2) is 0 Å². The van der Waals surface area contributed by atoms with Gasteiger partial charge in [-0.1, -0.05) is 6.92 Å². The van der Waals surface area contributed by atoms with E-state index in [0.717, 1.165) is 0 Å². The Balaban J connectivity index is 2.59. The number of hydrogen-bond acceptors (Lipinski definition) is 4. The Bertz CT molecular complexity index is 151. The Hall–Kier alpha value is -0.160. The lowest BCUT2D eigenvalue weighted by molar-refractivity contribution is -0.254. The molecule has 1 saturated heterocycles. The van der Waals surface area contributed by atoms with Crippen LogP contribution < -0.4 is 0 Å². The van der Waals surface area contributed by atoms with E-state index in [0.29, 0.717) is 6.61 Å². The summed E-state index contributed by atoms with van der Waals surface area (Å²) >= 11 is 0. The molecule has 13 heavy (non-hydrogen) atoms. The number of methoxy groups -OCH3 is 3. The van der Waals surface area contributed by atoms with Gasteiger partial charge >= 0.3 is 0 Å². The second kappa shape index (κ2) is 4.91. The lowest BCUT2D eigenvalue weighted by Crippen LogP contribution is -2.50. The van der Waals surface area contributed by atoms with E-state index < -0.39 is 0 Å². The molecule has 1 heterocycles. The van der Waals surface area contributed by atoms with Crippen molar-refractivity contribution in [2.24, 2.45) is 5.92 Å². The largest absolute Gasteiger partial charge is 0.379 e. The summed E-state index contributed by atoms with van der Waals surface area (Å²) in [5, 5.41) is 0. The van der Waals surface area contributed by atoms with Crippen molar-refractivity contribution in [2.75, 3.05) is 27.9 Å². The highest BCUT2D eigenvalue weighted by atomic mass is 16.7. The van der Waals surface area contributed by atoms with Crippen LogP contribution in [-0.2, 0) is 18.9 Å². The van der Waals surface area contributed by atoms with Crippen LogP contribution in [-0.4, -0.2) is 46.4 Å². The third-order valence-corrected chi connectivity index (χ3v) is 2.60. The number of ether oxygens (including phenoxy) is 4. The van der Waals surface area contributed by atoms with Crippen LogP contribution in [0.3, 0.4) is 0 Å². The summed E-state index contributed by atoms with van der Waals surface area (Å²) in [6.45, 7) is 2.65. The zero-order valence-corrected chi connectivity index (χ0v) is 8.65. The molecular weight excluding hydrogens is 172 g/mol. The van der Waals surface area contributed by atoms with Crippen molar-refractivity contribution in [3.63, 3.8) is 0 Å². The Morgan fingerprint density at radius 2 is 1.77 bits per heavy atom. The maximum absolute atomic E-state index is 5.43. The molecule has 78 valence electrons. The molecule has 0 aliphatic carbocycles. The molecule has 1 fully saturated rings. The minimum atomic E-state index is -0.272. The average Bonchev–Trinajstić information content (AvgIpc) is 2.17. The third kappa shape index (κ3) is 2.20. The normalized spacial score (nSPS) is 40.6. The van der Waals surface area contributed by atoms with Crippen molar-refractivity contribution in [1.29, 1.82) is 0 Å². The highest BCUT2D eigenvalue weighted by molar-refractivity contribution is 4.81. The van der Waals surface area contributed by atoms with Crippen molar-refractivity contribution >= 4 is 0 Å². The molecule has 0 bridgehead atoms. The van der Waals surface area contributed by atoms with Gasteiger partial charge in [-0.15, -0.1) is 0 Å². The fraction of sp³-hybridized carbons (Fsp3) is 1.00. The summed E-state index contributed by atoms with van der Waals surface area (Å²) < 4.78 is 21.2. The Labute approximate surface area is 79.1 Å². The monoisotopic (exact) mass is 190 g/mol. The molecule has 0 spiro atoms. The van der Waals surface area contributed by atoms with Crippen molar-refractivity contribution in [1.82, 2.24) is 0 Å². The molecule has 0 N–H and O–H groups in total. The highest BCUT2D eigenvalue weighted by Gasteiger charge is 2.38. The Morgan fingerprint density at radius 1 is 1.08 bits per heavy atom. The summed E-state index contributed by atoms with van der Waals surface area (Å²) in [5.41, 5.74) is 0. The van der Waals surface area contributed by atoms with Crippen LogP contribution in [0, 0.1) is 5.92 Å². The molecule has 0 amide bonds. The first kappa shape index (κ1) is 10.9. The van der Waals surface area contributed by atoms with E-state index >= 15 is 0 Å². The summed E-state index contributed by atoms with van der Waals surface area (Å²) in [4.78, 5) is 0. The molecule has 0 aromatic rings. The van der Waals surface area contributed by atoms with Gasteiger partial charge in [0.25, 0.3) is 0 Å². The lowest BCUT2D eigenvalue weighted by atomic mass is 9.95. The topological polar surface area (TPSA) is 36.9 Å². The molecule has 1 aliphatic heterocycles. The molecule has 4 heteroatoms. The Morgan fingerprint density at radius 3 is 2.23 bits per heavy atom. The van der Waals surface area contributed by atoms with Crippen LogP contribution in [0.15, 0.2) is 0 Å². The van der Waals surface area contributed by atoms with E-state index in [-0.39, 0.29) is 24.4 Å². The van der Waals surface area contributed by atoms with Gasteiger partial charge in [-0.3, -0.25) is 0 Å². The third-order valence-electron chi connectivity index (χ3n) is 2.60. The van der Waals surface area contributed by atoms with Crippen LogP contribution in [0.4, 0.5) is 0 Å². The minimum absolute atomic E-state index is 0.0521. The molecule has 1 rings (SSSR count). The average molecular weight is 190 g/mol. The predicted octanol–water partition coefficient (Wildman–Crippen LogP) is 0.655. The fourth-order valence-corrected chi connectivity index (χ4v) is 1.71. The van der Waals surface area contributed by atoms with E-state index in [2.05, 4.69) is 6.92 Å². The molecule has 0 aromatic heterocycles. The lowest BCUT2D eigenvalue weighted by Gasteiger charge is -2.38. The molecule has 4 nitrogen and oxygen atoms in total. The van der Waals surface area contributed by atoms with Crippen molar-refractivity contribution in [2.45, 2.75) is 25.4 Å². The van der Waals surface area contributed by atoms with Crippen LogP contribution in [0.5, 0.6) is 0 Å². The first-order valence-electron chi connectivity index (χ1n) is 4.44. The minimum Gasteiger partial charge on any atom is -0.379 e. The van der Waals surface area contributed by atoms with E-state index in [9.17, 15) is 0 Å². The van der Waals surface area contributed by atoms with Gasteiger partial charge < -0.3 is 18.9 Å². The van der Waals surface area contributed by atoms with Crippen LogP contribution in [0.25, 0.3) is 0 Å². The van der Waals surface area contributed by atoms with Gasteiger partial charge in [0.15, 0.2) is 6.29 Å². The summed E-state index contributed by atoms with van der Waals surface area (Å²) in [6.07, 6.45) is -0.230. The first-order chi connectivity index (χ1) is 6.24. The van der Waals surface area contributed by atoms with Crippen molar-refractivity contribution in [3.8, 4) is 0 Å². The standard InChI is InChI=1S/C9H18O4/c1-6-7(10-2)5-13-9(12-4)8(6)11-3/h6-9H,5H2,1-4H3. The highest BCUT2D eigenvalue weighted by Crippen LogP contribution is 2.25. The first-order valence-corrected chi connectivity index (χ1v) is 4.44. The smallest absolute Gasteiger partial charge is 0.183 e. The Kier molecular flexibility index (Phi) is 4.12. The van der Waals surface area contributed by atoms with E-state index in [4.69, 9.17) is 18.9 Å².